The lowest BCUT2D eigenvalue weighted by molar-refractivity contribution is 0.122. The Morgan fingerprint density at radius 3 is 2.70 bits per heavy atom. The summed E-state index contributed by atoms with van der Waals surface area (Å²) < 4.78 is 7.41. The van der Waals surface area contributed by atoms with Crippen molar-refractivity contribution in [3.05, 3.63) is 46.5 Å². The number of ether oxygens (including phenoxy) is 1. The van der Waals surface area contributed by atoms with Crippen LogP contribution >= 0.6 is 11.3 Å². The lowest BCUT2D eigenvalue weighted by atomic mass is 9.96. The Bertz CT molecular complexity index is 879. The second-order valence-electron chi connectivity index (χ2n) is 7.39. The summed E-state index contributed by atoms with van der Waals surface area (Å²) in [4.78, 5) is 11.2. The summed E-state index contributed by atoms with van der Waals surface area (Å²) in [6.07, 6.45) is 4.39. The van der Waals surface area contributed by atoms with Crippen molar-refractivity contribution in [1.29, 1.82) is 0 Å². The van der Waals surface area contributed by atoms with Gasteiger partial charge < -0.3 is 9.64 Å². The molecule has 0 saturated carbocycles. The fraction of sp³-hybridized carbons (Fsp3) is 0.500. The number of hydrogen-bond acceptors (Lipinski definition) is 6. The van der Waals surface area contributed by atoms with Gasteiger partial charge in [-0.25, -0.2) is 9.50 Å². The van der Waals surface area contributed by atoms with E-state index in [2.05, 4.69) is 45.6 Å². The van der Waals surface area contributed by atoms with Crippen molar-refractivity contribution in [2.24, 2.45) is 0 Å². The minimum Gasteiger partial charge on any atom is -0.378 e. The third kappa shape index (κ3) is 3.72. The predicted molar refractivity (Wildman–Crippen MR) is 108 cm³/mol. The Balaban J connectivity index is 1.26. The van der Waals surface area contributed by atoms with E-state index in [9.17, 15) is 0 Å². The molecule has 0 N–H and O–H groups in total. The minimum absolute atomic E-state index is 0.469. The molecule has 0 aromatic carbocycles. The largest absolute Gasteiger partial charge is 0.378 e. The molecule has 6 nitrogen and oxygen atoms in total. The highest BCUT2D eigenvalue weighted by Gasteiger charge is 2.24. The number of hydrogen-bond donors (Lipinski definition) is 0. The zero-order valence-corrected chi connectivity index (χ0v) is 16.3. The van der Waals surface area contributed by atoms with E-state index in [0.29, 0.717) is 5.92 Å². The summed E-state index contributed by atoms with van der Waals surface area (Å²) in [5.74, 6) is 1.47. The number of piperidine rings is 1. The van der Waals surface area contributed by atoms with Crippen LogP contribution in [-0.2, 0) is 11.3 Å². The molecule has 0 radical (unpaired) electrons. The Kier molecular flexibility index (Phi) is 4.82. The van der Waals surface area contributed by atoms with Crippen LogP contribution in [0.25, 0.3) is 5.65 Å². The molecule has 2 saturated heterocycles. The van der Waals surface area contributed by atoms with Crippen LogP contribution in [0.2, 0.25) is 0 Å². The molecule has 27 heavy (non-hydrogen) atoms. The average molecular weight is 384 g/mol. The summed E-state index contributed by atoms with van der Waals surface area (Å²) in [6, 6.07) is 8.61. The van der Waals surface area contributed by atoms with Gasteiger partial charge in [-0.15, -0.1) is 11.3 Å². The highest BCUT2D eigenvalue weighted by molar-refractivity contribution is 7.09. The van der Waals surface area contributed by atoms with Crippen LogP contribution in [0.1, 0.15) is 29.5 Å². The third-order valence-corrected chi connectivity index (χ3v) is 6.48. The normalized spacial score (nSPS) is 19.8. The molecule has 3 aromatic heterocycles. The number of fused-ring (bicyclic) bond motifs is 1. The van der Waals surface area contributed by atoms with Gasteiger partial charge in [0.15, 0.2) is 11.5 Å². The summed E-state index contributed by atoms with van der Waals surface area (Å²) in [7, 11) is 0. The lowest BCUT2D eigenvalue weighted by Crippen LogP contribution is -2.36. The molecule has 2 aliphatic rings. The van der Waals surface area contributed by atoms with E-state index in [4.69, 9.17) is 14.8 Å². The molecule has 0 amide bonds. The van der Waals surface area contributed by atoms with E-state index >= 15 is 0 Å². The van der Waals surface area contributed by atoms with Gasteiger partial charge in [0.05, 0.1) is 25.1 Å². The van der Waals surface area contributed by atoms with Crippen LogP contribution in [0.4, 0.5) is 5.69 Å². The molecule has 2 aliphatic heterocycles. The molecule has 5 heterocycles. The van der Waals surface area contributed by atoms with Crippen LogP contribution in [0.5, 0.6) is 0 Å². The molecular formula is C20H25N5OS. The van der Waals surface area contributed by atoms with Gasteiger partial charge in [0.25, 0.3) is 0 Å². The van der Waals surface area contributed by atoms with Gasteiger partial charge >= 0.3 is 0 Å². The van der Waals surface area contributed by atoms with Gasteiger partial charge in [0, 0.05) is 30.4 Å². The fourth-order valence-electron chi connectivity index (χ4n) is 4.04. The first-order valence-electron chi connectivity index (χ1n) is 9.79. The Hall–Kier alpha value is -1.96. The SMILES string of the molecule is c1csc(CN2CCC(c3nc4ccc(N5CCOCC5)cn4n3)CC2)c1. The molecule has 142 valence electrons. The summed E-state index contributed by atoms with van der Waals surface area (Å²) >= 11 is 1.85. The molecule has 0 spiro atoms. The number of rotatable bonds is 4. The fourth-order valence-corrected chi connectivity index (χ4v) is 4.79. The van der Waals surface area contributed by atoms with Gasteiger partial charge in [-0.3, -0.25) is 4.90 Å². The summed E-state index contributed by atoms with van der Waals surface area (Å²) in [6.45, 7) is 6.79. The summed E-state index contributed by atoms with van der Waals surface area (Å²) in [5, 5.41) is 6.98. The standard InChI is InChI=1S/C20H25N5OS/c1-2-18(27-13-1)15-23-7-5-16(6-8-23)20-21-19-4-3-17(14-25(19)22-20)24-9-11-26-12-10-24/h1-4,13-14,16H,5-12,15H2. The molecule has 0 bridgehead atoms. The van der Waals surface area contributed by atoms with Crippen molar-refractivity contribution in [3.8, 4) is 0 Å². The van der Waals surface area contributed by atoms with Crippen molar-refractivity contribution < 1.29 is 4.74 Å². The quantitative estimate of drug-likeness (QED) is 0.693. The maximum Gasteiger partial charge on any atom is 0.155 e. The van der Waals surface area contributed by atoms with Crippen LogP contribution in [0, 0.1) is 0 Å². The molecular weight excluding hydrogens is 358 g/mol. The minimum atomic E-state index is 0.469. The average Bonchev–Trinajstić information content (AvgIpc) is 3.38. The van der Waals surface area contributed by atoms with E-state index in [1.54, 1.807) is 0 Å². The van der Waals surface area contributed by atoms with Gasteiger partial charge in [-0.2, -0.15) is 5.10 Å². The molecule has 0 aliphatic carbocycles. The third-order valence-electron chi connectivity index (χ3n) is 5.62. The number of aromatic nitrogens is 3. The molecule has 0 atom stereocenters. The van der Waals surface area contributed by atoms with Crippen molar-refractivity contribution in [1.82, 2.24) is 19.5 Å². The van der Waals surface area contributed by atoms with E-state index < -0.39 is 0 Å². The number of pyridine rings is 1. The Morgan fingerprint density at radius 1 is 1.07 bits per heavy atom. The van der Waals surface area contributed by atoms with Gasteiger partial charge in [-0.05, 0) is 49.5 Å². The molecule has 7 heteroatoms. The second-order valence-corrected chi connectivity index (χ2v) is 8.42. The summed E-state index contributed by atoms with van der Waals surface area (Å²) in [5.41, 5.74) is 2.15. The maximum atomic E-state index is 5.45. The molecule has 0 unspecified atom stereocenters. The van der Waals surface area contributed by atoms with Gasteiger partial charge in [-0.1, -0.05) is 6.07 Å². The van der Waals surface area contributed by atoms with Crippen LogP contribution in [0.3, 0.4) is 0 Å². The highest BCUT2D eigenvalue weighted by Crippen LogP contribution is 2.28. The van der Waals surface area contributed by atoms with Crippen LogP contribution in [-0.4, -0.2) is 58.9 Å². The first-order chi connectivity index (χ1) is 13.3. The number of thiophene rings is 1. The monoisotopic (exact) mass is 383 g/mol. The smallest absolute Gasteiger partial charge is 0.155 e. The van der Waals surface area contributed by atoms with E-state index in [-0.39, 0.29) is 0 Å². The Morgan fingerprint density at radius 2 is 1.93 bits per heavy atom. The van der Waals surface area contributed by atoms with E-state index in [1.165, 1.54) is 10.6 Å². The maximum absolute atomic E-state index is 5.45. The number of nitrogens with zero attached hydrogens (tertiary/aromatic N) is 5. The van der Waals surface area contributed by atoms with E-state index in [0.717, 1.165) is 70.3 Å². The van der Waals surface area contributed by atoms with Crippen LogP contribution < -0.4 is 4.90 Å². The Labute approximate surface area is 163 Å². The van der Waals surface area contributed by atoms with Gasteiger partial charge in [0.2, 0.25) is 0 Å². The number of morpholine rings is 1. The zero-order chi connectivity index (χ0) is 18.1. The van der Waals surface area contributed by atoms with Crippen LogP contribution in [0.15, 0.2) is 35.8 Å². The number of likely N-dealkylation sites (tertiary alicyclic amines) is 1. The van der Waals surface area contributed by atoms with Crippen molar-refractivity contribution in [2.75, 3.05) is 44.3 Å². The first-order valence-corrected chi connectivity index (χ1v) is 10.7. The topological polar surface area (TPSA) is 45.9 Å². The van der Waals surface area contributed by atoms with Crippen molar-refractivity contribution >= 4 is 22.7 Å². The number of anilines is 1. The van der Waals surface area contributed by atoms with E-state index in [1.807, 2.05) is 15.9 Å². The van der Waals surface area contributed by atoms with Crippen molar-refractivity contribution in [3.63, 3.8) is 0 Å². The van der Waals surface area contributed by atoms with Crippen molar-refractivity contribution in [2.45, 2.75) is 25.3 Å². The van der Waals surface area contributed by atoms with Gasteiger partial charge in [0.1, 0.15) is 0 Å². The first kappa shape index (κ1) is 17.2. The lowest BCUT2D eigenvalue weighted by Gasteiger charge is -2.30. The highest BCUT2D eigenvalue weighted by atomic mass is 32.1. The molecule has 2 fully saturated rings. The zero-order valence-electron chi connectivity index (χ0n) is 15.5. The predicted octanol–water partition coefficient (Wildman–Crippen LogP) is 3.01. The molecule has 5 rings (SSSR count). The second kappa shape index (κ2) is 7.58. The molecule has 3 aromatic rings.